The van der Waals surface area contributed by atoms with Gasteiger partial charge in [0.1, 0.15) is 55.3 Å². The summed E-state index contributed by atoms with van der Waals surface area (Å²) in [5, 5.41) is 28.3. The molecule has 0 radical (unpaired) electrons. The topological polar surface area (TPSA) is 382 Å². The maximum atomic E-state index is 14.4. The second-order valence-corrected chi connectivity index (χ2v) is 25.4. The monoisotopic (exact) mass is 1290 g/mol. The summed E-state index contributed by atoms with van der Waals surface area (Å²) in [7, 11) is 0. The number of hydrogen-bond donors (Lipinski definition) is 9. The largest absolute Gasteiger partial charge is 0.462 e. The van der Waals surface area contributed by atoms with Crippen molar-refractivity contribution in [1.29, 1.82) is 0 Å². The summed E-state index contributed by atoms with van der Waals surface area (Å²) >= 11 is 5.77. The molecule has 2 aromatic heterocycles. The number of nitrogens with one attached hydrogen (secondary N) is 6. The highest BCUT2D eigenvalue weighted by molar-refractivity contribution is 7.80. The molecule has 0 aliphatic carbocycles. The molecule has 2 saturated heterocycles. The number of fused-ring (bicyclic) bond motifs is 5. The van der Waals surface area contributed by atoms with Crippen LogP contribution < -0.4 is 53.7 Å². The minimum atomic E-state index is -2.14. The molecule has 4 aliphatic heterocycles. The average Bonchev–Trinajstić information content (AvgIpc) is 1.40. The van der Waals surface area contributed by atoms with E-state index in [1.54, 1.807) is 76.8 Å². The van der Waals surface area contributed by atoms with Crippen LogP contribution in [0.15, 0.2) is 65.5 Å². The quantitative estimate of drug-likeness (QED) is 0.0283. The number of cyclic esters (lactones) is 1. The fourth-order valence-corrected chi connectivity index (χ4v) is 12.2. The number of benzene rings is 2. The summed E-state index contributed by atoms with van der Waals surface area (Å²) in [4.78, 5) is 143. The number of nitrogens with zero attached hydrogens (tertiary/aromatic N) is 3. The Kier molecular flexibility index (Phi) is 22.4. The zero-order chi connectivity index (χ0) is 67.0. The number of likely N-dealkylation sites (tertiary alicyclic amines) is 1. The molecule has 6 heterocycles. The van der Waals surface area contributed by atoms with E-state index in [-0.39, 0.29) is 79.1 Å². The number of carbonyl (C=O) groups excluding carboxylic acids is 9. The molecule has 2 fully saturated rings. The summed E-state index contributed by atoms with van der Waals surface area (Å²) in [6.45, 7) is 14.9. The zero-order valence-corrected chi connectivity index (χ0v) is 53.8. The van der Waals surface area contributed by atoms with Gasteiger partial charge >= 0.3 is 11.9 Å². The van der Waals surface area contributed by atoms with Crippen LogP contribution in [0, 0.1) is 23.7 Å². The minimum absolute atomic E-state index is 0.0253. The highest BCUT2D eigenvalue weighted by atomic mass is 32.1. The number of primary amides is 2. The lowest BCUT2D eigenvalue weighted by Crippen LogP contribution is -2.59. The maximum Gasteiger partial charge on any atom is 0.355 e. The maximum absolute atomic E-state index is 14.4. The van der Waals surface area contributed by atoms with E-state index in [9.17, 15) is 53.1 Å². The summed E-state index contributed by atoms with van der Waals surface area (Å²) in [6.07, 6.45) is -3.16. The van der Waals surface area contributed by atoms with Gasteiger partial charge in [0.25, 0.3) is 5.56 Å². The smallest absolute Gasteiger partial charge is 0.355 e. The van der Waals surface area contributed by atoms with Crippen molar-refractivity contribution in [3.8, 4) is 17.1 Å². The van der Waals surface area contributed by atoms with Gasteiger partial charge < -0.3 is 81.6 Å². The first-order valence-corrected chi connectivity index (χ1v) is 31.4. The molecule has 4 aliphatic rings. The Morgan fingerprint density at radius 1 is 0.848 bits per heavy atom. The fourth-order valence-electron chi connectivity index (χ4n) is 11.9. The molecule has 28 heteroatoms. The molecular weight excluding hydrogens is 1210 g/mol. The molecule has 4 aromatic rings. The van der Waals surface area contributed by atoms with E-state index in [1.807, 2.05) is 51.1 Å². The first-order valence-electron chi connectivity index (χ1n) is 31.0. The standard InChI is InChI=1S/C64H83N11O16S/c1-10-64(41-25-47-52-37(24-36-14-11-12-15-42(36)70-52)28-75(47)59(84)40(41)29-88-62(64)86)91-60(85)51(33(6)7)73-57(82)45(26-48(65)76)71-56(81)44(23-32(4)5)69-50(78)27-67-55(80)43(22-31(2)3)72-58(83)46-16-13-21-74(46)63(92)68-38-17-19-39(20-18-38)90-61-53(79)54(87-30-49(66)77)34(8)35(9)89-61/h11-12,14-15,17-20,24-25,31-35,43-46,51,53-54,61,79H,10,13,16,21-23,26-30H2,1-9H3,(H2,65,76)(H2,66,77)(H,67,80)(H,68,92)(H,69,78)(H,71,81)(H,72,83)(H,73,82)/t34?,35?,43?,44?,45?,46?,51?,53?,54?,61?,64-/m1/s1. The van der Waals surface area contributed by atoms with E-state index >= 15 is 0 Å². The van der Waals surface area contributed by atoms with Gasteiger partial charge in [-0.2, -0.15) is 0 Å². The molecular formula is C64H83N11O16S. The molecule has 10 unspecified atom stereocenters. The van der Waals surface area contributed by atoms with E-state index in [4.69, 9.17) is 52.4 Å². The van der Waals surface area contributed by atoms with Crippen molar-refractivity contribution in [2.75, 3.05) is 25.0 Å². The predicted octanol–water partition coefficient (Wildman–Crippen LogP) is 2.16. The van der Waals surface area contributed by atoms with Gasteiger partial charge in [-0.05, 0) is 111 Å². The van der Waals surface area contributed by atoms with Crippen LogP contribution in [0.4, 0.5) is 5.69 Å². The number of hydrogen-bond acceptors (Lipinski definition) is 18. The van der Waals surface area contributed by atoms with Gasteiger partial charge in [0.2, 0.25) is 53.2 Å². The Morgan fingerprint density at radius 2 is 1.52 bits per heavy atom. The van der Waals surface area contributed by atoms with Crippen LogP contribution in [0.5, 0.6) is 5.75 Å². The number of nitrogens with two attached hydrogens (primary N) is 2. The number of anilines is 1. The van der Waals surface area contributed by atoms with Crippen LogP contribution in [-0.2, 0) is 80.9 Å². The average molecular weight is 1290 g/mol. The summed E-state index contributed by atoms with van der Waals surface area (Å²) in [6, 6.07) is 11.3. The number of carbonyl (C=O) groups is 9. The van der Waals surface area contributed by atoms with Crippen LogP contribution in [0.3, 0.4) is 0 Å². The van der Waals surface area contributed by atoms with Crippen LogP contribution >= 0.6 is 12.2 Å². The Morgan fingerprint density at radius 3 is 2.17 bits per heavy atom. The third kappa shape index (κ3) is 16.0. The van der Waals surface area contributed by atoms with Gasteiger partial charge in [0.05, 0.1) is 54.2 Å². The fraction of sp³-hybridized carbons (Fsp3) is 0.531. The van der Waals surface area contributed by atoms with Crippen molar-refractivity contribution in [2.45, 2.75) is 174 Å². The van der Waals surface area contributed by atoms with Crippen molar-refractivity contribution >= 4 is 87.2 Å². The van der Waals surface area contributed by atoms with Crippen LogP contribution in [0.25, 0.3) is 22.3 Å². The summed E-state index contributed by atoms with van der Waals surface area (Å²) in [5.74, 6) is -8.54. The number of esters is 2. The van der Waals surface area contributed by atoms with E-state index < -0.39 is 132 Å². The van der Waals surface area contributed by atoms with Crippen LogP contribution in [-0.4, -0.2) is 152 Å². The van der Waals surface area contributed by atoms with Gasteiger partial charge in [0.15, 0.2) is 5.11 Å². The molecule has 0 bridgehead atoms. The molecule has 92 heavy (non-hydrogen) atoms. The second-order valence-electron chi connectivity index (χ2n) is 25.0. The molecule has 11 atom stereocenters. The third-order valence-corrected chi connectivity index (χ3v) is 17.2. The highest BCUT2D eigenvalue weighted by Crippen LogP contribution is 2.42. The molecule has 7 amide bonds. The van der Waals surface area contributed by atoms with Crippen molar-refractivity contribution in [2.24, 2.45) is 35.1 Å². The van der Waals surface area contributed by atoms with E-state index in [2.05, 4.69) is 31.9 Å². The van der Waals surface area contributed by atoms with E-state index in [0.29, 0.717) is 47.7 Å². The number of thiocarbonyl (C=S) groups is 1. The molecule has 27 nitrogen and oxygen atoms in total. The number of aliphatic hydroxyl groups is 1. The Labute approximate surface area is 537 Å². The zero-order valence-electron chi connectivity index (χ0n) is 53.0. The number of amides is 7. The van der Waals surface area contributed by atoms with Gasteiger partial charge in [-0.3, -0.25) is 38.4 Å². The molecule has 8 rings (SSSR count). The Bertz CT molecular complexity index is 3550. The number of aromatic nitrogens is 2. The van der Waals surface area contributed by atoms with Gasteiger partial charge in [-0.25, -0.2) is 14.6 Å². The minimum Gasteiger partial charge on any atom is -0.462 e. The number of aliphatic hydroxyl groups excluding tert-OH is 1. The van der Waals surface area contributed by atoms with Gasteiger partial charge in [0, 0.05) is 34.7 Å². The van der Waals surface area contributed by atoms with Gasteiger partial charge in [-0.15, -0.1) is 0 Å². The first-order chi connectivity index (χ1) is 43.6. The van der Waals surface area contributed by atoms with Crippen molar-refractivity contribution < 1.29 is 71.9 Å². The molecule has 2 aromatic carbocycles. The predicted molar refractivity (Wildman–Crippen MR) is 338 cm³/mol. The lowest BCUT2D eigenvalue weighted by atomic mass is 9.85. The van der Waals surface area contributed by atoms with E-state index in [0.717, 1.165) is 10.9 Å². The Balaban J connectivity index is 0.870. The van der Waals surface area contributed by atoms with E-state index in [1.165, 1.54) is 4.57 Å². The third-order valence-electron chi connectivity index (χ3n) is 16.9. The van der Waals surface area contributed by atoms with Crippen molar-refractivity contribution in [3.63, 3.8) is 0 Å². The second kappa shape index (κ2) is 29.8. The molecule has 496 valence electrons. The molecule has 0 spiro atoms. The van der Waals surface area contributed by atoms with Crippen molar-refractivity contribution in [1.82, 2.24) is 41.0 Å². The highest BCUT2D eigenvalue weighted by Gasteiger charge is 2.52. The summed E-state index contributed by atoms with van der Waals surface area (Å²) < 4.78 is 30.6. The van der Waals surface area contributed by atoms with Crippen LogP contribution in [0.2, 0.25) is 0 Å². The SMILES string of the molecule is CC[C@]1(OC(=O)C(NC(=O)C(CC(N)=O)NC(=O)C(CC(C)C)NC(=O)CNC(=O)C(CC(C)C)NC(=O)C2CCCN2C(=S)Nc2ccc(OC3OC(C)C(C)C(OCC(N)=O)C3O)cc2)C(C)C)C(=O)OCc2c1cc1n(c2=O)Cc2cc3ccccc3nc2-1. The lowest BCUT2D eigenvalue weighted by Gasteiger charge is -2.41. The number of ether oxygens (including phenoxy) is 5. The normalized spacial score (nSPS) is 22.0. The molecule has 11 N–H and O–H groups in total. The number of pyridine rings is 2. The van der Waals surface area contributed by atoms with Crippen LogP contribution in [0.1, 0.15) is 118 Å². The first kappa shape index (κ1) is 69.3. The van der Waals surface area contributed by atoms with Gasteiger partial charge in [-0.1, -0.05) is 73.6 Å². The number of para-hydroxylation sites is 1. The summed E-state index contributed by atoms with van der Waals surface area (Å²) in [5.41, 5.74) is 11.4. The number of rotatable bonds is 26. The Hall–Kier alpha value is -8.60. The molecule has 0 saturated carbocycles. The lowest BCUT2D eigenvalue weighted by molar-refractivity contribution is -0.259. The van der Waals surface area contributed by atoms with Crippen molar-refractivity contribution in [3.05, 3.63) is 87.7 Å².